The Kier molecular flexibility index (Phi) is 6.23. The fourth-order valence-electron chi connectivity index (χ4n) is 3.59. The Labute approximate surface area is 185 Å². The number of amides is 2. The van der Waals surface area contributed by atoms with E-state index < -0.39 is 12.0 Å². The molecule has 0 bridgehead atoms. The van der Waals surface area contributed by atoms with Crippen molar-refractivity contribution in [3.8, 4) is 0 Å². The molecule has 2 amide bonds. The van der Waals surface area contributed by atoms with Crippen LogP contribution < -0.4 is 5.32 Å². The number of β-lactam (4-membered cyclic amide) rings is 1. The van der Waals surface area contributed by atoms with Crippen molar-refractivity contribution >= 4 is 29.5 Å². The van der Waals surface area contributed by atoms with Gasteiger partial charge in [0.1, 0.15) is 23.7 Å². The van der Waals surface area contributed by atoms with Crippen LogP contribution in [0.2, 0.25) is 0 Å². The zero-order valence-electron chi connectivity index (χ0n) is 16.8. The summed E-state index contributed by atoms with van der Waals surface area (Å²) in [7, 11) is 0. The van der Waals surface area contributed by atoms with Crippen molar-refractivity contribution in [2.24, 2.45) is 0 Å². The highest BCUT2D eigenvalue weighted by molar-refractivity contribution is 8.00. The van der Waals surface area contributed by atoms with Gasteiger partial charge < -0.3 is 10.1 Å². The molecular weight excluding hydrogens is 412 g/mol. The number of hydrogen-bond acceptors (Lipinski definition) is 5. The predicted octanol–water partition coefficient (Wildman–Crippen LogP) is 2.81. The number of ether oxygens (including phenoxy) is 1. The second kappa shape index (κ2) is 9.22. The molecule has 2 atom stereocenters. The average molecular weight is 435 g/mol. The normalized spacial score (nSPS) is 19.9. The number of rotatable bonds is 7. The lowest BCUT2D eigenvalue weighted by atomic mass is 10.0. The van der Waals surface area contributed by atoms with Crippen LogP contribution in [-0.4, -0.2) is 39.9 Å². The number of thioether (sulfide) groups is 1. The predicted molar refractivity (Wildman–Crippen MR) is 119 cm³/mol. The molecule has 0 aliphatic carbocycles. The summed E-state index contributed by atoms with van der Waals surface area (Å²) in [4.78, 5) is 39.5. The molecule has 0 aromatic heterocycles. The van der Waals surface area contributed by atoms with Crippen molar-refractivity contribution in [3.63, 3.8) is 0 Å². The Bertz CT molecular complexity index is 1040. The van der Waals surface area contributed by atoms with Crippen molar-refractivity contribution < 1.29 is 19.1 Å². The molecule has 0 unspecified atom stereocenters. The summed E-state index contributed by atoms with van der Waals surface area (Å²) >= 11 is 1.49. The van der Waals surface area contributed by atoms with Gasteiger partial charge in [-0.3, -0.25) is 14.5 Å². The molecular formula is C24H22N2O4S. The molecule has 0 radical (unpaired) electrons. The third-order valence-electron chi connectivity index (χ3n) is 5.17. The fraction of sp³-hybridized carbons (Fsp3) is 0.208. The largest absolute Gasteiger partial charge is 0.456 e. The first-order chi connectivity index (χ1) is 15.1. The highest BCUT2D eigenvalue weighted by atomic mass is 32.2. The van der Waals surface area contributed by atoms with Crippen LogP contribution >= 0.6 is 11.8 Å². The van der Waals surface area contributed by atoms with Gasteiger partial charge in [-0.2, -0.15) is 0 Å². The molecule has 7 heteroatoms. The number of nitrogens with zero attached hydrogens (tertiary/aromatic N) is 1. The van der Waals surface area contributed by atoms with E-state index in [1.807, 2.05) is 60.7 Å². The van der Waals surface area contributed by atoms with E-state index in [0.717, 1.165) is 11.1 Å². The Morgan fingerprint density at radius 1 is 1.10 bits per heavy atom. The first-order valence-electron chi connectivity index (χ1n) is 9.93. The number of carbonyl (C=O) groups excluding carboxylic acids is 3. The first-order valence-corrected chi connectivity index (χ1v) is 11.0. The molecule has 0 saturated carbocycles. The van der Waals surface area contributed by atoms with Gasteiger partial charge in [-0.1, -0.05) is 73.3 Å². The van der Waals surface area contributed by atoms with Crippen LogP contribution in [0, 0.1) is 0 Å². The quantitative estimate of drug-likeness (QED) is 0.536. The summed E-state index contributed by atoms with van der Waals surface area (Å²) in [5.41, 5.74) is 2.60. The Morgan fingerprint density at radius 2 is 1.74 bits per heavy atom. The van der Waals surface area contributed by atoms with Crippen LogP contribution in [0.3, 0.4) is 0 Å². The van der Waals surface area contributed by atoms with Crippen LogP contribution in [0.5, 0.6) is 0 Å². The smallest absolute Gasteiger partial charge is 0.355 e. The van der Waals surface area contributed by atoms with Crippen LogP contribution in [0.4, 0.5) is 0 Å². The summed E-state index contributed by atoms with van der Waals surface area (Å²) in [6.45, 7) is 3.89. The molecule has 2 aliphatic heterocycles. The average Bonchev–Trinajstić information content (AvgIpc) is 2.81. The molecule has 1 N–H and O–H groups in total. The van der Waals surface area contributed by atoms with E-state index in [1.165, 1.54) is 16.7 Å². The molecule has 2 aromatic carbocycles. The van der Waals surface area contributed by atoms with Crippen molar-refractivity contribution in [1.29, 1.82) is 0 Å². The lowest BCUT2D eigenvalue weighted by molar-refractivity contribution is -0.153. The number of esters is 1. The van der Waals surface area contributed by atoms with Crippen molar-refractivity contribution in [2.75, 3.05) is 5.75 Å². The van der Waals surface area contributed by atoms with E-state index in [-0.39, 0.29) is 35.9 Å². The Hall–Kier alpha value is -3.32. The lowest BCUT2D eigenvalue weighted by Crippen LogP contribution is -2.70. The third kappa shape index (κ3) is 4.41. The number of hydrogen-bond donors (Lipinski definition) is 1. The van der Waals surface area contributed by atoms with Gasteiger partial charge in [0.15, 0.2) is 0 Å². The van der Waals surface area contributed by atoms with E-state index in [1.54, 1.807) is 6.08 Å². The van der Waals surface area contributed by atoms with Crippen molar-refractivity contribution in [3.05, 3.63) is 95.7 Å². The maximum Gasteiger partial charge on any atom is 0.355 e. The maximum absolute atomic E-state index is 12.9. The number of carbonyl (C=O) groups is 3. The molecule has 1 fully saturated rings. The van der Waals surface area contributed by atoms with Gasteiger partial charge in [-0.25, -0.2) is 4.79 Å². The van der Waals surface area contributed by atoms with Crippen molar-refractivity contribution in [2.45, 2.75) is 24.4 Å². The Balaban J connectivity index is 1.43. The lowest BCUT2D eigenvalue weighted by Gasteiger charge is -2.49. The third-order valence-corrected chi connectivity index (χ3v) is 6.48. The van der Waals surface area contributed by atoms with Gasteiger partial charge in [0.05, 0.1) is 6.42 Å². The molecule has 4 rings (SSSR count). The minimum absolute atomic E-state index is 0.116. The molecule has 2 aliphatic rings. The number of benzene rings is 2. The minimum Gasteiger partial charge on any atom is -0.456 e. The summed E-state index contributed by atoms with van der Waals surface area (Å²) in [6.07, 6.45) is 1.78. The summed E-state index contributed by atoms with van der Waals surface area (Å²) in [6, 6.07) is 18.0. The molecule has 1 saturated heterocycles. The monoisotopic (exact) mass is 434 g/mol. The molecule has 2 heterocycles. The molecule has 6 nitrogen and oxygen atoms in total. The van der Waals surface area contributed by atoms with E-state index >= 15 is 0 Å². The van der Waals surface area contributed by atoms with Crippen LogP contribution in [0.1, 0.15) is 11.1 Å². The standard InChI is InChI=1S/C24H22N2O4S/c1-2-18-15-31-23-20(25-19(27)13-16-9-5-3-6-10-16)22(28)26(23)21(18)24(29)30-14-17-11-7-4-8-12-17/h2-12,20,23H,1,13-15H2,(H,25,27)/t20-,23-/m1/s1. The second-order valence-electron chi connectivity index (χ2n) is 7.26. The first kappa shape index (κ1) is 20.9. The van der Waals surface area contributed by atoms with Gasteiger partial charge in [0, 0.05) is 5.75 Å². The molecule has 31 heavy (non-hydrogen) atoms. The molecule has 158 valence electrons. The van der Waals surface area contributed by atoms with Gasteiger partial charge in [0.2, 0.25) is 5.91 Å². The topological polar surface area (TPSA) is 75.7 Å². The summed E-state index contributed by atoms with van der Waals surface area (Å²) < 4.78 is 5.46. The zero-order valence-corrected chi connectivity index (χ0v) is 17.6. The van der Waals surface area contributed by atoms with Gasteiger partial charge in [0.25, 0.3) is 5.91 Å². The zero-order chi connectivity index (χ0) is 21.8. The van der Waals surface area contributed by atoms with Gasteiger partial charge >= 0.3 is 5.97 Å². The van der Waals surface area contributed by atoms with Crippen LogP contribution in [0.15, 0.2) is 84.6 Å². The number of nitrogens with one attached hydrogen (secondary N) is 1. The maximum atomic E-state index is 12.9. The second-order valence-corrected chi connectivity index (χ2v) is 8.36. The Morgan fingerprint density at radius 3 is 2.39 bits per heavy atom. The molecule has 0 spiro atoms. The summed E-state index contributed by atoms with van der Waals surface area (Å²) in [5.74, 6) is -0.591. The van der Waals surface area contributed by atoms with E-state index in [4.69, 9.17) is 4.74 Å². The minimum atomic E-state index is -0.662. The van der Waals surface area contributed by atoms with E-state index in [2.05, 4.69) is 11.9 Å². The van der Waals surface area contributed by atoms with Crippen LogP contribution in [-0.2, 0) is 32.1 Å². The highest BCUT2D eigenvalue weighted by Gasteiger charge is 2.54. The van der Waals surface area contributed by atoms with E-state index in [9.17, 15) is 14.4 Å². The number of fused-ring (bicyclic) bond motifs is 1. The summed E-state index contributed by atoms with van der Waals surface area (Å²) in [5, 5.41) is 2.47. The SMILES string of the molecule is C=CC1=C(C(=O)OCc2ccccc2)N2C(=O)[C@@H](NC(=O)Cc3ccccc3)[C@H]2SC1. The number of allylic oxidation sites excluding steroid dienone is 1. The van der Waals surface area contributed by atoms with Gasteiger partial charge in [-0.15, -0.1) is 11.8 Å². The van der Waals surface area contributed by atoms with Crippen LogP contribution in [0.25, 0.3) is 0 Å². The van der Waals surface area contributed by atoms with E-state index in [0.29, 0.717) is 11.3 Å². The fourth-order valence-corrected chi connectivity index (χ4v) is 4.93. The molecule has 2 aromatic rings. The van der Waals surface area contributed by atoms with Crippen molar-refractivity contribution in [1.82, 2.24) is 10.2 Å². The highest BCUT2D eigenvalue weighted by Crippen LogP contribution is 2.41. The van der Waals surface area contributed by atoms with Gasteiger partial charge in [-0.05, 0) is 16.7 Å².